The minimum absolute atomic E-state index is 0.0423. The van der Waals surface area contributed by atoms with E-state index in [0.717, 1.165) is 23.4 Å². The van der Waals surface area contributed by atoms with E-state index in [9.17, 15) is 9.90 Å². The SMILES string of the molecule is CN1C[C@@H](C(=O)O)[C@H](c2ccc(OCc3ccccc3)cc2)C1. The van der Waals surface area contributed by atoms with Crippen LogP contribution < -0.4 is 4.74 Å². The fourth-order valence-corrected chi connectivity index (χ4v) is 3.14. The van der Waals surface area contributed by atoms with E-state index in [2.05, 4.69) is 4.90 Å². The summed E-state index contributed by atoms with van der Waals surface area (Å²) in [6.45, 7) is 1.91. The molecule has 1 N–H and O–H groups in total. The van der Waals surface area contributed by atoms with E-state index < -0.39 is 5.97 Å². The predicted octanol–water partition coefficient (Wildman–Crippen LogP) is 3.00. The number of benzene rings is 2. The molecule has 120 valence electrons. The molecule has 0 spiro atoms. The maximum absolute atomic E-state index is 11.4. The topological polar surface area (TPSA) is 49.8 Å². The molecule has 1 aliphatic heterocycles. The van der Waals surface area contributed by atoms with Gasteiger partial charge in [0.25, 0.3) is 0 Å². The number of ether oxygens (including phenoxy) is 1. The van der Waals surface area contributed by atoms with E-state index in [-0.39, 0.29) is 11.8 Å². The van der Waals surface area contributed by atoms with Crippen LogP contribution in [0.5, 0.6) is 5.75 Å². The van der Waals surface area contributed by atoms with Gasteiger partial charge in [0.05, 0.1) is 5.92 Å². The highest BCUT2D eigenvalue weighted by Crippen LogP contribution is 2.33. The molecule has 1 fully saturated rings. The summed E-state index contributed by atoms with van der Waals surface area (Å²) < 4.78 is 5.78. The second-order valence-corrected chi connectivity index (χ2v) is 6.12. The van der Waals surface area contributed by atoms with Crippen LogP contribution in [0.3, 0.4) is 0 Å². The van der Waals surface area contributed by atoms with Gasteiger partial charge in [-0.05, 0) is 30.3 Å². The summed E-state index contributed by atoms with van der Waals surface area (Å²) in [6.07, 6.45) is 0. The van der Waals surface area contributed by atoms with Crippen molar-refractivity contribution >= 4 is 5.97 Å². The van der Waals surface area contributed by atoms with Crippen LogP contribution in [0.1, 0.15) is 17.0 Å². The lowest BCUT2D eigenvalue weighted by Gasteiger charge is -2.15. The molecule has 0 saturated carbocycles. The number of nitrogens with zero attached hydrogens (tertiary/aromatic N) is 1. The van der Waals surface area contributed by atoms with Crippen LogP contribution in [0.15, 0.2) is 54.6 Å². The van der Waals surface area contributed by atoms with Crippen molar-refractivity contribution in [3.63, 3.8) is 0 Å². The second-order valence-electron chi connectivity index (χ2n) is 6.12. The summed E-state index contributed by atoms with van der Waals surface area (Å²) in [6, 6.07) is 17.8. The summed E-state index contributed by atoms with van der Waals surface area (Å²) >= 11 is 0. The van der Waals surface area contributed by atoms with Crippen LogP contribution in [0, 0.1) is 5.92 Å². The highest BCUT2D eigenvalue weighted by atomic mass is 16.5. The molecule has 2 aromatic rings. The number of carbonyl (C=O) groups is 1. The minimum atomic E-state index is -0.719. The number of carboxylic acids is 1. The summed E-state index contributed by atoms with van der Waals surface area (Å²) in [5.74, 6) is -0.212. The number of likely N-dealkylation sites (N-methyl/N-ethyl adjacent to an activating group) is 1. The molecule has 1 heterocycles. The van der Waals surface area contributed by atoms with E-state index in [1.165, 1.54) is 0 Å². The first kappa shape index (κ1) is 15.6. The van der Waals surface area contributed by atoms with Gasteiger partial charge in [0, 0.05) is 19.0 Å². The van der Waals surface area contributed by atoms with Gasteiger partial charge in [-0.15, -0.1) is 0 Å². The molecule has 4 nitrogen and oxygen atoms in total. The Labute approximate surface area is 136 Å². The van der Waals surface area contributed by atoms with Crippen molar-refractivity contribution in [2.45, 2.75) is 12.5 Å². The Morgan fingerprint density at radius 1 is 1.13 bits per heavy atom. The molecule has 0 unspecified atom stereocenters. The Morgan fingerprint density at radius 3 is 2.48 bits per heavy atom. The smallest absolute Gasteiger partial charge is 0.308 e. The Bertz CT molecular complexity index is 654. The Morgan fingerprint density at radius 2 is 1.83 bits per heavy atom. The Hall–Kier alpha value is -2.33. The van der Waals surface area contributed by atoms with Crippen LogP contribution in [-0.2, 0) is 11.4 Å². The third-order valence-electron chi connectivity index (χ3n) is 4.38. The van der Waals surface area contributed by atoms with Crippen LogP contribution in [0.4, 0.5) is 0 Å². The zero-order chi connectivity index (χ0) is 16.2. The first-order valence-corrected chi connectivity index (χ1v) is 7.81. The summed E-state index contributed by atoms with van der Waals surface area (Å²) in [4.78, 5) is 13.5. The quantitative estimate of drug-likeness (QED) is 0.922. The molecule has 3 rings (SSSR count). The summed E-state index contributed by atoms with van der Waals surface area (Å²) in [7, 11) is 1.97. The Kier molecular flexibility index (Phi) is 4.63. The third kappa shape index (κ3) is 3.71. The van der Waals surface area contributed by atoms with E-state index >= 15 is 0 Å². The van der Waals surface area contributed by atoms with Gasteiger partial charge in [-0.25, -0.2) is 0 Å². The zero-order valence-electron chi connectivity index (χ0n) is 13.2. The molecule has 23 heavy (non-hydrogen) atoms. The van der Waals surface area contributed by atoms with Crippen molar-refractivity contribution in [2.24, 2.45) is 5.92 Å². The van der Waals surface area contributed by atoms with Gasteiger partial charge < -0.3 is 14.7 Å². The van der Waals surface area contributed by atoms with Crippen molar-refractivity contribution in [1.82, 2.24) is 4.90 Å². The van der Waals surface area contributed by atoms with Crippen LogP contribution in [0.25, 0.3) is 0 Å². The molecule has 2 aromatic carbocycles. The van der Waals surface area contributed by atoms with Gasteiger partial charge in [0.15, 0.2) is 0 Å². The second kappa shape index (κ2) is 6.84. The monoisotopic (exact) mass is 311 g/mol. The molecule has 0 radical (unpaired) electrons. The summed E-state index contributed by atoms with van der Waals surface area (Å²) in [5.41, 5.74) is 2.19. The average Bonchev–Trinajstić information content (AvgIpc) is 2.97. The average molecular weight is 311 g/mol. The van der Waals surface area contributed by atoms with Crippen molar-refractivity contribution in [2.75, 3.05) is 20.1 Å². The maximum Gasteiger partial charge on any atom is 0.308 e. The fraction of sp³-hybridized carbons (Fsp3) is 0.316. The number of aliphatic carboxylic acids is 1. The molecule has 1 aliphatic rings. The van der Waals surface area contributed by atoms with Gasteiger partial charge in [0.2, 0.25) is 0 Å². The van der Waals surface area contributed by atoms with E-state index in [1.54, 1.807) is 0 Å². The van der Waals surface area contributed by atoms with Gasteiger partial charge in [-0.1, -0.05) is 42.5 Å². The number of carboxylic acid groups (broad SMARTS) is 1. The van der Waals surface area contributed by atoms with Crippen LogP contribution >= 0.6 is 0 Å². The number of rotatable bonds is 5. The molecule has 0 amide bonds. The standard InChI is InChI=1S/C19H21NO3/c1-20-11-17(18(12-20)19(21)22)15-7-9-16(10-8-15)23-13-14-5-3-2-4-6-14/h2-10,17-18H,11-13H2,1H3,(H,21,22)/t17-,18+/m0/s1. The summed E-state index contributed by atoms with van der Waals surface area (Å²) in [5, 5.41) is 9.38. The lowest BCUT2D eigenvalue weighted by molar-refractivity contribution is -0.141. The molecule has 4 heteroatoms. The largest absolute Gasteiger partial charge is 0.489 e. The Balaban J connectivity index is 1.66. The number of likely N-dealkylation sites (tertiary alicyclic amines) is 1. The molecule has 0 aliphatic carbocycles. The molecule has 2 atom stereocenters. The predicted molar refractivity (Wildman–Crippen MR) is 88.6 cm³/mol. The third-order valence-corrected chi connectivity index (χ3v) is 4.38. The lowest BCUT2D eigenvalue weighted by atomic mass is 9.89. The first-order chi connectivity index (χ1) is 11.1. The van der Waals surface area contributed by atoms with Crippen molar-refractivity contribution < 1.29 is 14.6 Å². The lowest BCUT2D eigenvalue weighted by Crippen LogP contribution is -2.21. The molecular weight excluding hydrogens is 290 g/mol. The molecule has 0 aromatic heterocycles. The van der Waals surface area contributed by atoms with Gasteiger partial charge >= 0.3 is 5.97 Å². The van der Waals surface area contributed by atoms with Gasteiger partial charge in [0.1, 0.15) is 12.4 Å². The van der Waals surface area contributed by atoms with Crippen molar-refractivity contribution in [1.29, 1.82) is 0 Å². The molecule has 0 bridgehead atoms. The molecular formula is C19H21NO3. The highest BCUT2D eigenvalue weighted by Gasteiger charge is 2.36. The normalized spacial score (nSPS) is 21.3. The zero-order valence-corrected chi connectivity index (χ0v) is 13.2. The van der Waals surface area contributed by atoms with Crippen molar-refractivity contribution in [3.8, 4) is 5.75 Å². The highest BCUT2D eigenvalue weighted by molar-refractivity contribution is 5.72. The number of hydrogen-bond acceptors (Lipinski definition) is 3. The van der Waals surface area contributed by atoms with Crippen LogP contribution in [-0.4, -0.2) is 36.1 Å². The fourth-order valence-electron chi connectivity index (χ4n) is 3.14. The van der Waals surface area contributed by atoms with E-state index in [0.29, 0.717) is 13.2 Å². The minimum Gasteiger partial charge on any atom is -0.489 e. The van der Waals surface area contributed by atoms with E-state index in [4.69, 9.17) is 4.74 Å². The van der Waals surface area contributed by atoms with Gasteiger partial charge in [-0.2, -0.15) is 0 Å². The number of hydrogen-bond donors (Lipinski definition) is 1. The first-order valence-electron chi connectivity index (χ1n) is 7.81. The maximum atomic E-state index is 11.4. The van der Waals surface area contributed by atoms with Gasteiger partial charge in [-0.3, -0.25) is 4.79 Å². The van der Waals surface area contributed by atoms with Crippen molar-refractivity contribution in [3.05, 3.63) is 65.7 Å². The van der Waals surface area contributed by atoms with E-state index in [1.807, 2.05) is 61.6 Å². The molecule has 1 saturated heterocycles. The van der Waals surface area contributed by atoms with Crippen LogP contribution in [0.2, 0.25) is 0 Å².